The molecule has 3 heterocycles. The van der Waals surface area contributed by atoms with Crippen molar-refractivity contribution in [2.45, 2.75) is 21.9 Å². The number of rotatable bonds is 5. The predicted octanol–water partition coefficient (Wildman–Crippen LogP) is 5.81. The van der Waals surface area contributed by atoms with Crippen LogP contribution in [0.1, 0.15) is 23.1 Å². The van der Waals surface area contributed by atoms with E-state index in [0.717, 1.165) is 16.0 Å². The highest BCUT2D eigenvalue weighted by molar-refractivity contribution is 8.00. The molecule has 2 aliphatic heterocycles. The number of carbonyl (C=O) groups is 1. The quantitative estimate of drug-likeness (QED) is 0.334. The van der Waals surface area contributed by atoms with Gasteiger partial charge in [0.25, 0.3) is 0 Å². The van der Waals surface area contributed by atoms with Gasteiger partial charge in [0.05, 0.1) is 20.1 Å². The van der Waals surface area contributed by atoms with Crippen LogP contribution in [0.4, 0.5) is 0 Å². The fraction of sp³-hybridized carbons (Fsp3) is 0.250. The highest BCUT2D eigenvalue weighted by atomic mass is 35.5. The van der Waals surface area contributed by atoms with E-state index in [-0.39, 0.29) is 16.3 Å². The number of pyridine rings is 1. The normalized spacial score (nSPS) is 25.4. The lowest BCUT2D eigenvalue weighted by Gasteiger charge is -2.33. The van der Waals surface area contributed by atoms with Gasteiger partial charge in [-0.3, -0.25) is 4.79 Å². The Balaban J connectivity index is 1.77. The summed E-state index contributed by atoms with van der Waals surface area (Å²) in [6.45, 7) is 0. The van der Waals surface area contributed by atoms with Gasteiger partial charge in [-0.25, -0.2) is 4.98 Å². The van der Waals surface area contributed by atoms with Crippen LogP contribution >= 0.6 is 35.0 Å². The van der Waals surface area contributed by atoms with Gasteiger partial charge in [-0.05, 0) is 35.9 Å². The molecule has 2 aromatic carbocycles. The molecule has 0 amide bonds. The summed E-state index contributed by atoms with van der Waals surface area (Å²) in [5.74, 6) is -0.292. The van der Waals surface area contributed by atoms with Crippen molar-refractivity contribution in [2.75, 3.05) is 14.2 Å². The number of halogens is 2. The molecule has 3 atom stereocenters. The zero-order valence-corrected chi connectivity index (χ0v) is 19.6. The van der Waals surface area contributed by atoms with Crippen LogP contribution in [0.15, 0.2) is 65.6 Å². The molecule has 1 saturated heterocycles. The number of thioether (sulfide) groups is 1. The van der Waals surface area contributed by atoms with Gasteiger partial charge >= 0.3 is 5.97 Å². The van der Waals surface area contributed by atoms with Gasteiger partial charge in [-0.2, -0.15) is 0 Å². The fourth-order valence-corrected chi connectivity index (χ4v) is 6.68. The van der Waals surface area contributed by atoms with Gasteiger partial charge in [-0.1, -0.05) is 65.3 Å². The predicted molar refractivity (Wildman–Crippen MR) is 123 cm³/mol. The van der Waals surface area contributed by atoms with Gasteiger partial charge < -0.3 is 14.2 Å². The van der Waals surface area contributed by atoms with Crippen LogP contribution in [0.2, 0.25) is 10.3 Å². The number of methoxy groups -OCH3 is 2. The second-order valence-corrected chi connectivity index (χ2v) is 9.75. The Morgan fingerprint density at radius 2 is 1.84 bits per heavy atom. The van der Waals surface area contributed by atoms with Crippen LogP contribution in [0.5, 0.6) is 5.75 Å². The summed E-state index contributed by atoms with van der Waals surface area (Å²) in [7, 11) is 2.99. The zero-order valence-electron chi connectivity index (χ0n) is 17.3. The molecule has 0 N–H and O–H groups in total. The van der Waals surface area contributed by atoms with Gasteiger partial charge in [0.2, 0.25) is 0 Å². The molecule has 5 rings (SSSR count). The lowest BCUT2D eigenvalue weighted by Crippen LogP contribution is -2.39. The summed E-state index contributed by atoms with van der Waals surface area (Å²) in [5, 5.41) is 0.491. The molecule has 164 valence electrons. The van der Waals surface area contributed by atoms with Gasteiger partial charge in [-0.15, -0.1) is 0 Å². The maximum atomic E-state index is 13.1. The molecule has 0 aliphatic carbocycles. The van der Waals surface area contributed by atoms with Gasteiger partial charge in [0, 0.05) is 22.4 Å². The average Bonchev–Trinajstić information content (AvgIpc) is 3.29. The third-order valence-corrected chi connectivity index (χ3v) is 7.82. The summed E-state index contributed by atoms with van der Waals surface area (Å²) < 4.78 is 17.4. The summed E-state index contributed by atoms with van der Waals surface area (Å²) in [4.78, 5) is 17.5. The topological polar surface area (TPSA) is 57.7 Å². The summed E-state index contributed by atoms with van der Waals surface area (Å²) in [5.41, 5.74) is 1.09. The van der Waals surface area contributed by atoms with Crippen molar-refractivity contribution in [3.63, 3.8) is 0 Å². The van der Waals surface area contributed by atoms with Crippen molar-refractivity contribution in [3.05, 3.63) is 87.7 Å². The fourth-order valence-electron chi connectivity index (χ4n) is 4.74. The molecule has 1 aromatic heterocycles. The second kappa shape index (κ2) is 7.96. The summed E-state index contributed by atoms with van der Waals surface area (Å²) in [6.07, 6.45) is 0.398. The Morgan fingerprint density at radius 1 is 1.12 bits per heavy atom. The zero-order chi connectivity index (χ0) is 22.5. The number of esters is 1. The van der Waals surface area contributed by atoms with Crippen molar-refractivity contribution in [3.8, 4) is 5.75 Å². The number of hydrogen-bond acceptors (Lipinski definition) is 6. The minimum atomic E-state index is -1.16. The third kappa shape index (κ3) is 3.12. The Bertz CT molecular complexity index is 1190. The van der Waals surface area contributed by atoms with Gasteiger partial charge in [0.15, 0.2) is 0 Å². The first-order valence-corrected chi connectivity index (χ1v) is 11.5. The van der Waals surface area contributed by atoms with Crippen molar-refractivity contribution in [1.29, 1.82) is 0 Å². The van der Waals surface area contributed by atoms with Gasteiger partial charge in [0.1, 0.15) is 26.6 Å². The summed E-state index contributed by atoms with van der Waals surface area (Å²) >= 11 is 14.5. The highest BCUT2D eigenvalue weighted by Gasteiger charge is 2.69. The van der Waals surface area contributed by atoms with Crippen molar-refractivity contribution < 1.29 is 19.0 Å². The molecule has 3 aromatic rings. The average molecular weight is 488 g/mol. The standard InChI is InChI=1S/C24H19Cl2NO4S/c1-29-15-10-8-14(9-11-15)24-18(22(28)30-2)13-23(31-24,32-16-6-4-3-5-7-16)17-12-19(25)27-21(26)20(17)24/h3-12,18H,13H2,1-2H3/t18-,23-,24-/m1/s1. The lowest BCUT2D eigenvalue weighted by molar-refractivity contribution is -0.150. The van der Waals surface area contributed by atoms with Crippen LogP contribution in [-0.2, 0) is 24.8 Å². The molecule has 32 heavy (non-hydrogen) atoms. The minimum Gasteiger partial charge on any atom is -0.497 e. The van der Waals surface area contributed by atoms with Crippen LogP contribution in [0, 0.1) is 5.92 Å². The number of nitrogens with zero attached hydrogens (tertiary/aromatic N) is 1. The van der Waals surface area contributed by atoms with E-state index in [1.165, 1.54) is 18.9 Å². The van der Waals surface area contributed by atoms with E-state index >= 15 is 0 Å². The van der Waals surface area contributed by atoms with E-state index in [0.29, 0.717) is 17.7 Å². The monoisotopic (exact) mass is 487 g/mol. The molecule has 8 heteroatoms. The molecule has 2 aliphatic rings. The van der Waals surface area contributed by atoms with Crippen molar-refractivity contribution >= 4 is 40.9 Å². The minimum absolute atomic E-state index is 0.215. The lowest BCUT2D eigenvalue weighted by atomic mass is 9.71. The van der Waals surface area contributed by atoms with Crippen LogP contribution in [-0.4, -0.2) is 25.2 Å². The first-order valence-electron chi connectivity index (χ1n) is 9.97. The number of hydrogen-bond donors (Lipinski definition) is 0. The van der Waals surface area contributed by atoms with Crippen LogP contribution in [0.3, 0.4) is 0 Å². The Kier molecular flexibility index (Phi) is 5.37. The number of carbonyl (C=O) groups excluding carboxylic acids is 1. The van der Waals surface area contributed by atoms with E-state index in [9.17, 15) is 4.79 Å². The Morgan fingerprint density at radius 3 is 2.50 bits per heavy atom. The van der Waals surface area contributed by atoms with Crippen LogP contribution < -0.4 is 4.74 Å². The molecule has 0 unspecified atom stereocenters. The van der Waals surface area contributed by atoms with E-state index in [4.69, 9.17) is 37.4 Å². The molecule has 0 spiro atoms. The van der Waals surface area contributed by atoms with E-state index < -0.39 is 16.5 Å². The molecule has 5 nitrogen and oxygen atoms in total. The number of aromatic nitrogens is 1. The van der Waals surface area contributed by atoms with E-state index in [2.05, 4.69) is 4.98 Å². The first-order chi connectivity index (χ1) is 15.4. The largest absolute Gasteiger partial charge is 0.497 e. The van der Waals surface area contributed by atoms with E-state index in [1.54, 1.807) is 13.2 Å². The number of ether oxygens (including phenoxy) is 3. The Hall–Kier alpha value is -2.25. The Labute approximate surface area is 200 Å². The molecule has 0 saturated carbocycles. The number of benzene rings is 2. The highest BCUT2D eigenvalue weighted by Crippen LogP contribution is 2.69. The maximum Gasteiger partial charge on any atom is 0.312 e. The smallest absolute Gasteiger partial charge is 0.312 e. The van der Waals surface area contributed by atoms with Crippen LogP contribution in [0.25, 0.3) is 0 Å². The van der Waals surface area contributed by atoms with Crippen molar-refractivity contribution in [1.82, 2.24) is 4.98 Å². The molecular weight excluding hydrogens is 469 g/mol. The molecule has 2 bridgehead atoms. The summed E-state index contributed by atoms with van der Waals surface area (Å²) in [6, 6.07) is 19.1. The molecule has 1 fully saturated rings. The maximum absolute atomic E-state index is 13.1. The second-order valence-electron chi connectivity index (χ2n) is 7.67. The van der Waals surface area contributed by atoms with E-state index in [1.807, 2.05) is 54.6 Å². The first kappa shape index (κ1) is 21.6. The molecule has 0 radical (unpaired) electrons. The molecular formula is C24H19Cl2NO4S. The van der Waals surface area contributed by atoms with Crippen molar-refractivity contribution in [2.24, 2.45) is 5.92 Å². The SMILES string of the molecule is COC(=O)[C@H]1C[C@]2(Sc3ccccc3)O[C@@]1(c1ccc(OC)cc1)c1c2cc(Cl)nc1Cl. The number of fused-ring (bicyclic) bond motifs is 5. The third-order valence-electron chi connectivity index (χ3n) is 6.05.